The third-order valence-electron chi connectivity index (χ3n) is 3.78. The van der Waals surface area contributed by atoms with Crippen molar-refractivity contribution in [2.45, 2.75) is 13.8 Å². The Labute approximate surface area is 142 Å². The second kappa shape index (κ2) is 9.85. The van der Waals surface area contributed by atoms with Crippen molar-refractivity contribution in [3.05, 3.63) is 42.1 Å². The SMILES string of the molecule is CCN(CC)CCOCCNC(=O)c1cc(-c2ccccc2)on1. The molecular weight excluding hydrogens is 306 g/mol. The van der Waals surface area contributed by atoms with Crippen LogP contribution in [0.3, 0.4) is 0 Å². The molecule has 0 unspecified atom stereocenters. The quantitative estimate of drug-likeness (QED) is 0.677. The predicted molar refractivity (Wildman–Crippen MR) is 92.9 cm³/mol. The lowest BCUT2D eigenvalue weighted by Crippen LogP contribution is -2.30. The van der Waals surface area contributed by atoms with Gasteiger partial charge in [-0.25, -0.2) is 0 Å². The summed E-state index contributed by atoms with van der Waals surface area (Å²) in [7, 11) is 0. The number of nitrogens with one attached hydrogen (secondary N) is 1. The van der Waals surface area contributed by atoms with E-state index in [4.69, 9.17) is 9.26 Å². The van der Waals surface area contributed by atoms with Gasteiger partial charge in [-0.1, -0.05) is 49.3 Å². The van der Waals surface area contributed by atoms with Crippen molar-refractivity contribution in [3.63, 3.8) is 0 Å². The molecule has 0 fully saturated rings. The van der Waals surface area contributed by atoms with E-state index >= 15 is 0 Å². The summed E-state index contributed by atoms with van der Waals surface area (Å²) in [5, 5.41) is 6.60. The van der Waals surface area contributed by atoms with E-state index in [2.05, 4.69) is 29.2 Å². The number of rotatable bonds is 10. The molecule has 1 aromatic heterocycles. The maximum atomic E-state index is 12.0. The van der Waals surface area contributed by atoms with Gasteiger partial charge in [0, 0.05) is 24.7 Å². The molecule has 6 heteroatoms. The standard InChI is InChI=1S/C18H25N3O3/c1-3-21(4-2)11-13-23-12-10-19-18(22)16-14-17(24-20-16)15-8-6-5-7-9-15/h5-9,14H,3-4,10-13H2,1-2H3,(H,19,22). The Kier molecular flexibility index (Phi) is 7.45. The van der Waals surface area contributed by atoms with Gasteiger partial charge in [-0.3, -0.25) is 4.79 Å². The molecule has 2 aromatic rings. The lowest BCUT2D eigenvalue weighted by molar-refractivity contribution is 0.0877. The molecule has 0 aliphatic heterocycles. The first kappa shape index (κ1) is 18.2. The van der Waals surface area contributed by atoms with Crippen molar-refractivity contribution in [1.29, 1.82) is 0 Å². The number of ether oxygens (including phenoxy) is 1. The minimum Gasteiger partial charge on any atom is -0.378 e. The normalized spacial score (nSPS) is 11.0. The zero-order chi connectivity index (χ0) is 17.2. The van der Waals surface area contributed by atoms with Gasteiger partial charge in [-0.05, 0) is 13.1 Å². The predicted octanol–water partition coefficient (Wildman–Crippen LogP) is 2.43. The maximum absolute atomic E-state index is 12.0. The number of amides is 1. The first-order valence-corrected chi connectivity index (χ1v) is 8.35. The molecule has 1 amide bonds. The van der Waals surface area contributed by atoms with Crippen molar-refractivity contribution >= 4 is 5.91 Å². The summed E-state index contributed by atoms with van der Waals surface area (Å²) < 4.78 is 10.7. The minimum atomic E-state index is -0.256. The van der Waals surface area contributed by atoms with Crippen LogP contribution in [0.2, 0.25) is 0 Å². The Morgan fingerprint density at radius 2 is 1.96 bits per heavy atom. The summed E-state index contributed by atoms with van der Waals surface area (Å²) in [6.07, 6.45) is 0. The molecule has 0 aliphatic carbocycles. The number of likely N-dealkylation sites (N-methyl/N-ethyl adjacent to an activating group) is 1. The van der Waals surface area contributed by atoms with Crippen molar-refractivity contribution in [3.8, 4) is 11.3 Å². The van der Waals surface area contributed by atoms with E-state index < -0.39 is 0 Å². The van der Waals surface area contributed by atoms with Gasteiger partial charge in [-0.2, -0.15) is 0 Å². The first-order chi connectivity index (χ1) is 11.7. The fourth-order valence-corrected chi connectivity index (χ4v) is 2.28. The van der Waals surface area contributed by atoms with E-state index in [1.807, 2.05) is 30.3 Å². The molecule has 0 spiro atoms. The van der Waals surface area contributed by atoms with Crippen LogP contribution in [-0.4, -0.2) is 55.4 Å². The molecule has 1 aromatic carbocycles. The molecule has 24 heavy (non-hydrogen) atoms. The molecule has 0 bridgehead atoms. The Balaban J connectivity index is 1.69. The average Bonchev–Trinajstić information content (AvgIpc) is 3.12. The van der Waals surface area contributed by atoms with Crippen LogP contribution in [0.4, 0.5) is 0 Å². The van der Waals surface area contributed by atoms with E-state index in [-0.39, 0.29) is 11.6 Å². The van der Waals surface area contributed by atoms with Gasteiger partial charge >= 0.3 is 0 Å². The lowest BCUT2D eigenvalue weighted by Gasteiger charge is -2.17. The molecule has 2 rings (SSSR count). The van der Waals surface area contributed by atoms with E-state index in [0.29, 0.717) is 25.5 Å². The highest BCUT2D eigenvalue weighted by atomic mass is 16.5. The monoisotopic (exact) mass is 331 g/mol. The maximum Gasteiger partial charge on any atom is 0.273 e. The van der Waals surface area contributed by atoms with E-state index in [0.717, 1.165) is 25.2 Å². The van der Waals surface area contributed by atoms with Crippen molar-refractivity contribution in [2.75, 3.05) is 39.4 Å². The molecule has 0 saturated heterocycles. The van der Waals surface area contributed by atoms with Crippen LogP contribution in [0.1, 0.15) is 24.3 Å². The van der Waals surface area contributed by atoms with Crippen LogP contribution in [0, 0.1) is 0 Å². The number of benzene rings is 1. The number of hydrogen-bond acceptors (Lipinski definition) is 5. The largest absolute Gasteiger partial charge is 0.378 e. The van der Waals surface area contributed by atoms with Gasteiger partial charge < -0.3 is 19.5 Å². The minimum absolute atomic E-state index is 0.256. The van der Waals surface area contributed by atoms with Gasteiger partial charge in [0.15, 0.2) is 11.5 Å². The fourth-order valence-electron chi connectivity index (χ4n) is 2.28. The molecule has 1 N–H and O–H groups in total. The molecular formula is C18H25N3O3. The van der Waals surface area contributed by atoms with Crippen LogP contribution in [0.5, 0.6) is 0 Å². The Hall–Kier alpha value is -2.18. The van der Waals surface area contributed by atoms with Gasteiger partial charge in [0.05, 0.1) is 13.2 Å². The van der Waals surface area contributed by atoms with Crippen molar-refractivity contribution in [2.24, 2.45) is 0 Å². The Bertz CT molecular complexity index is 609. The highest BCUT2D eigenvalue weighted by Gasteiger charge is 2.12. The zero-order valence-corrected chi connectivity index (χ0v) is 14.3. The summed E-state index contributed by atoms with van der Waals surface area (Å²) in [6, 6.07) is 11.2. The van der Waals surface area contributed by atoms with Gasteiger partial charge in [0.25, 0.3) is 5.91 Å². The van der Waals surface area contributed by atoms with E-state index in [1.54, 1.807) is 6.07 Å². The van der Waals surface area contributed by atoms with E-state index in [1.165, 1.54) is 0 Å². The number of carbonyl (C=O) groups excluding carboxylic acids is 1. The number of carbonyl (C=O) groups is 1. The van der Waals surface area contributed by atoms with Crippen molar-refractivity contribution < 1.29 is 14.1 Å². The van der Waals surface area contributed by atoms with Crippen LogP contribution in [-0.2, 0) is 4.74 Å². The van der Waals surface area contributed by atoms with Gasteiger partial charge in [0.2, 0.25) is 0 Å². The highest BCUT2D eigenvalue weighted by Crippen LogP contribution is 2.19. The van der Waals surface area contributed by atoms with Crippen LogP contribution in [0.25, 0.3) is 11.3 Å². The van der Waals surface area contributed by atoms with E-state index in [9.17, 15) is 4.79 Å². The van der Waals surface area contributed by atoms with Crippen LogP contribution >= 0.6 is 0 Å². The van der Waals surface area contributed by atoms with Gasteiger partial charge in [0.1, 0.15) is 0 Å². The average molecular weight is 331 g/mol. The summed E-state index contributed by atoms with van der Waals surface area (Å²) >= 11 is 0. The Morgan fingerprint density at radius 1 is 1.21 bits per heavy atom. The summed E-state index contributed by atoms with van der Waals surface area (Å²) in [6.45, 7) is 8.81. The summed E-state index contributed by atoms with van der Waals surface area (Å²) in [4.78, 5) is 14.3. The lowest BCUT2D eigenvalue weighted by atomic mass is 10.1. The topological polar surface area (TPSA) is 67.6 Å². The molecule has 0 saturated carbocycles. The second-order valence-electron chi connectivity index (χ2n) is 5.34. The molecule has 0 atom stereocenters. The second-order valence-corrected chi connectivity index (χ2v) is 5.34. The first-order valence-electron chi connectivity index (χ1n) is 8.35. The highest BCUT2D eigenvalue weighted by molar-refractivity contribution is 5.93. The summed E-state index contributed by atoms with van der Waals surface area (Å²) in [5.74, 6) is 0.324. The number of hydrogen-bond donors (Lipinski definition) is 1. The third-order valence-corrected chi connectivity index (χ3v) is 3.78. The molecule has 0 aliphatic rings. The smallest absolute Gasteiger partial charge is 0.273 e. The summed E-state index contributed by atoms with van der Waals surface area (Å²) in [5.41, 5.74) is 1.17. The fraction of sp³-hybridized carbons (Fsp3) is 0.444. The van der Waals surface area contributed by atoms with Crippen molar-refractivity contribution in [1.82, 2.24) is 15.4 Å². The van der Waals surface area contributed by atoms with Gasteiger partial charge in [-0.15, -0.1) is 0 Å². The molecule has 130 valence electrons. The van der Waals surface area contributed by atoms with Crippen LogP contribution in [0.15, 0.2) is 40.9 Å². The molecule has 6 nitrogen and oxygen atoms in total. The third kappa shape index (κ3) is 5.47. The number of nitrogens with zero attached hydrogens (tertiary/aromatic N) is 2. The van der Waals surface area contributed by atoms with Crippen LogP contribution < -0.4 is 5.32 Å². The zero-order valence-electron chi connectivity index (χ0n) is 14.3. The molecule has 1 heterocycles. The Morgan fingerprint density at radius 3 is 2.67 bits per heavy atom. The molecule has 0 radical (unpaired) electrons. The number of aromatic nitrogens is 1.